The van der Waals surface area contributed by atoms with E-state index in [4.69, 9.17) is 4.74 Å². The molecule has 2 unspecified atom stereocenters. The van der Waals surface area contributed by atoms with E-state index in [2.05, 4.69) is 22.5 Å². The van der Waals surface area contributed by atoms with Crippen LogP contribution in [0.5, 0.6) is 5.75 Å². The quantitative estimate of drug-likeness (QED) is 0.700. The zero-order valence-electron chi connectivity index (χ0n) is 15.5. The standard InChI is InChI=1S/C21H25N3O3/c1-2-3-11-27-17-10-9-16(22-14-17)13-19-21(26)23-18(20(25)24-19)12-15-7-5-4-6-8-15/h4-10,14,18-19H,2-3,11-13H2,1H3,(H,23,26)(H,24,25). The Kier molecular flexibility index (Phi) is 6.41. The van der Waals surface area contributed by atoms with Gasteiger partial charge in [0.2, 0.25) is 11.8 Å². The van der Waals surface area contributed by atoms with Gasteiger partial charge in [-0.15, -0.1) is 0 Å². The van der Waals surface area contributed by atoms with Crippen molar-refractivity contribution in [1.82, 2.24) is 15.6 Å². The van der Waals surface area contributed by atoms with Crippen molar-refractivity contribution in [1.29, 1.82) is 0 Å². The second-order valence-electron chi connectivity index (χ2n) is 6.70. The Morgan fingerprint density at radius 3 is 2.30 bits per heavy atom. The van der Waals surface area contributed by atoms with Crippen molar-refractivity contribution in [3.8, 4) is 5.75 Å². The topological polar surface area (TPSA) is 80.3 Å². The summed E-state index contributed by atoms with van der Waals surface area (Å²) in [5, 5.41) is 5.65. The zero-order chi connectivity index (χ0) is 19.1. The summed E-state index contributed by atoms with van der Waals surface area (Å²) in [7, 11) is 0. The first-order valence-electron chi connectivity index (χ1n) is 9.38. The molecule has 0 radical (unpaired) electrons. The number of benzene rings is 1. The van der Waals surface area contributed by atoms with Crippen LogP contribution in [0.2, 0.25) is 0 Å². The number of nitrogens with zero attached hydrogens (tertiary/aromatic N) is 1. The average molecular weight is 367 g/mol. The van der Waals surface area contributed by atoms with Crippen LogP contribution in [0.3, 0.4) is 0 Å². The van der Waals surface area contributed by atoms with Crippen LogP contribution in [0.15, 0.2) is 48.7 Å². The van der Waals surface area contributed by atoms with Gasteiger partial charge in [0.25, 0.3) is 0 Å². The molecule has 3 rings (SSSR count). The number of hydrogen-bond donors (Lipinski definition) is 2. The lowest BCUT2D eigenvalue weighted by atomic mass is 10.00. The Bertz CT molecular complexity index is 762. The largest absolute Gasteiger partial charge is 0.492 e. The van der Waals surface area contributed by atoms with Crippen LogP contribution in [0.4, 0.5) is 0 Å². The first-order valence-corrected chi connectivity index (χ1v) is 9.38. The molecule has 2 amide bonds. The van der Waals surface area contributed by atoms with E-state index in [-0.39, 0.29) is 11.8 Å². The number of nitrogens with one attached hydrogen (secondary N) is 2. The summed E-state index contributed by atoms with van der Waals surface area (Å²) in [6, 6.07) is 12.2. The van der Waals surface area contributed by atoms with E-state index in [1.807, 2.05) is 42.5 Å². The van der Waals surface area contributed by atoms with E-state index >= 15 is 0 Å². The summed E-state index contributed by atoms with van der Waals surface area (Å²) in [6.07, 6.45) is 4.57. The summed E-state index contributed by atoms with van der Waals surface area (Å²) < 4.78 is 5.59. The van der Waals surface area contributed by atoms with Gasteiger partial charge in [0.1, 0.15) is 17.8 Å². The smallest absolute Gasteiger partial charge is 0.243 e. The summed E-state index contributed by atoms with van der Waals surface area (Å²) >= 11 is 0. The molecule has 27 heavy (non-hydrogen) atoms. The van der Waals surface area contributed by atoms with E-state index in [0.717, 1.165) is 24.1 Å². The number of rotatable bonds is 8. The van der Waals surface area contributed by atoms with Gasteiger partial charge in [0.05, 0.1) is 12.8 Å². The predicted octanol–water partition coefficient (Wildman–Crippen LogP) is 2.03. The predicted molar refractivity (Wildman–Crippen MR) is 102 cm³/mol. The van der Waals surface area contributed by atoms with Crippen LogP contribution in [-0.4, -0.2) is 35.5 Å². The Morgan fingerprint density at radius 2 is 1.67 bits per heavy atom. The molecule has 2 atom stereocenters. The Balaban J connectivity index is 1.54. The minimum Gasteiger partial charge on any atom is -0.492 e. The maximum Gasteiger partial charge on any atom is 0.243 e. The molecule has 6 nitrogen and oxygen atoms in total. The number of hydrogen-bond acceptors (Lipinski definition) is 4. The highest BCUT2D eigenvalue weighted by molar-refractivity contribution is 5.97. The monoisotopic (exact) mass is 367 g/mol. The van der Waals surface area contributed by atoms with Crippen LogP contribution in [-0.2, 0) is 22.4 Å². The van der Waals surface area contributed by atoms with Crippen molar-refractivity contribution >= 4 is 11.8 Å². The van der Waals surface area contributed by atoms with Gasteiger partial charge in [-0.2, -0.15) is 0 Å². The molecule has 1 aromatic carbocycles. The van der Waals surface area contributed by atoms with Crippen LogP contribution in [0, 0.1) is 0 Å². The molecule has 2 heterocycles. The van der Waals surface area contributed by atoms with Gasteiger partial charge >= 0.3 is 0 Å². The summed E-state index contributed by atoms with van der Waals surface area (Å²) in [5.74, 6) is 0.371. The maximum atomic E-state index is 12.4. The van der Waals surface area contributed by atoms with Crippen molar-refractivity contribution < 1.29 is 14.3 Å². The number of carbonyl (C=O) groups excluding carboxylic acids is 2. The molecule has 0 spiro atoms. The molecule has 1 aliphatic heterocycles. The molecule has 1 aromatic heterocycles. The number of pyridine rings is 1. The molecule has 1 saturated heterocycles. The van der Waals surface area contributed by atoms with Crippen LogP contribution in [0.1, 0.15) is 31.0 Å². The first-order chi connectivity index (χ1) is 13.2. The lowest BCUT2D eigenvalue weighted by Crippen LogP contribution is -2.62. The van der Waals surface area contributed by atoms with Crippen LogP contribution in [0.25, 0.3) is 0 Å². The highest BCUT2D eigenvalue weighted by Gasteiger charge is 2.33. The second kappa shape index (κ2) is 9.16. The lowest BCUT2D eigenvalue weighted by molar-refractivity contribution is -0.136. The number of carbonyl (C=O) groups is 2. The van der Waals surface area contributed by atoms with Gasteiger partial charge in [0, 0.05) is 18.5 Å². The highest BCUT2D eigenvalue weighted by Crippen LogP contribution is 2.13. The summed E-state index contributed by atoms with van der Waals surface area (Å²) in [4.78, 5) is 29.1. The molecule has 2 N–H and O–H groups in total. The van der Waals surface area contributed by atoms with E-state index < -0.39 is 12.1 Å². The molecule has 6 heteroatoms. The Hall–Kier alpha value is -2.89. The van der Waals surface area contributed by atoms with Crippen molar-refractivity contribution in [2.75, 3.05) is 6.61 Å². The van der Waals surface area contributed by atoms with Gasteiger partial charge < -0.3 is 15.4 Å². The number of piperazine rings is 1. The van der Waals surface area contributed by atoms with Gasteiger partial charge in [-0.1, -0.05) is 43.7 Å². The molecular weight excluding hydrogens is 342 g/mol. The van der Waals surface area contributed by atoms with E-state index in [9.17, 15) is 9.59 Å². The fraction of sp³-hybridized carbons (Fsp3) is 0.381. The van der Waals surface area contributed by atoms with Crippen LogP contribution < -0.4 is 15.4 Å². The van der Waals surface area contributed by atoms with Gasteiger partial charge in [0.15, 0.2) is 0 Å². The van der Waals surface area contributed by atoms with Gasteiger partial charge in [-0.3, -0.25) is 14.6 Å². The van der Waals surface area contributed by atoms with E-state index in [1.165, 1.54) is 0 Å². The minimum atomic E-state index is -0.608. The molecule has 1 aliphatic rings. The van der Waals surface area contributed by atoms with E-state index in [0.29, 0.717) is 25.2 Å². The van der Waals surface area contributed by atoms with Gasteiger partial charge in [-0.05, 0) is 24.1 Å². The third kappa shape index (κ3) is 5.29. The number of aromatic nitrogens is 1. The second-order valence-corrected chi connectivity index (χ2v) is 6.70. The Labute approximate surface area is 159 Å². The average Bonchev–Trinajstić information content (AvgIpc) is 2.68. The zero-order valence-corrected chi connectivity index (χ0v) is 15.5. The highest BCUT2D eigenvalue weighted by atomic mass is 16.5. The maximum absolute atomic E-state index is 12.4. The minimum absolute atomic E-state index is 0.164. The first kappa shape index (κ1) is 18.9. The fourth-order valence-electron chi connectivity index (χ4n) is 2.97. The van der Waals surface area contributed by atoms with Crippen molar-refractivity contribution in [2.24, 2.45) is 0 Å². The van der Waals surface area contributed by atoms with Crippen LogP contribution >= 0.6 is 0 Å². The molecule has 2 aromatic rings. The fourth-order valence-corrected chi connectivity index (χ4v) is 2.97. The molecule has 0 aliphatic carbocycles. The number of unbranched alkanes of at least 4 members (excludes halogenated alkanes) is 1. The Morgan fingerprint density at radius 1 is 0.963 bits per heavy atom. The summed E-state index contributed by atoms with van der Waals surface area (Å²) in [5.41, 5.74) is 1.75. The third-order valence-corrected chi connectivity index (χ3v) is 4.53. The van der Waals surface area contributed by atoms with Crippen molar-refractivity contribution in [2.45, 2.75) is 44.7 Å². The molecule has 0 bridgehead atoms. The van der Waals surface area contributed by atoms with Crippen molar-refractivity contribution in [3.05, 3.63) is 59.9 Å². The molecule has 142 valence electrons. The number of amides is 2. The molecule has 1 fully saturated rings. The third-order valence-electron chi connectivity index (χ3n) is 4.53. The molecule has 0 saturated carbocycles. The molecular formula is C21H25N3O3. The van der Waals surface area contributed by atoms with E-state index in [1.54, 1.807) is 6.20 Å². The SMILES string of the molecule is CCCCOc1ccc(CC2NC(=O)C(Cc3ccccc3)NC2=O)nc1. The van der Waals surface area contributed by atoms with Crippen molar-refractivity contribution in [3.63, 3.8) is 0 Å². The van der Waals surface area contributed by atoms with Gasteiger partial charge in [-0.25, -0.2) is 0 Å². The summed E-state index contributed by atoms with van der Waals surface area (Å²) in [6.45, 7) is 2.78. The number of ether oxygens (including phenoxy) is 1. The normalized spacial score (nSPS) is 19.3. The lowest BCUT2D eigenvalue weighted by Gasteiger charge is -2.29.